The Balaban J connectivity index is 2.00. The van der Waals surface area contributed by atoms with Crippen molar-refractivity contribution in [2.45, 2.75) is 20.0 Å². The molecule has 0 saturated carbocycles. The third kappa shape index (κ3) is 3.64. The van der Waals surface area contributed by atoms with E-state index in [1.807, 2.05) is 38.1 Å². The molecule has 30 heavy (non-hydrogen) atoms. The maximum absolute atomic E-state index is 13.4. The van der Waals surface area contributed by atoms with Crippen molar-refractivity contribution in [3.05, 3.63) is 72.3 Å². The average molecular weight is 404 g/mol. The van der Waals surface area contributed by atoms with E-state index in [0.717, 1.165) is 11.1 Å². The lowest BCUT2D eigenvalue weighted by molar-refractivity contribution is 0.0964. The van der Waals surface area contributed by atoms with Gasteiger partial charge >= 0.3 is 0 Å². The highest BCUT2D eigenvalue weighted by Crippen LogP contribution is 2.40. The number of nitrogens with zero attached hydrogens (tertiary/aromatic N) is 1. The van der Waals surface area contributed by atoms with Crippen LogP contribution in [0.5, 0.6) is 5.75 Å². The number of halogens is 1. The van der Waals surface area contributed by atoms with Crippen LogP contribution in [0.1, 0.15) is 24.2 Å². The van der Waals surface area contributed by atoms with Crippen LogP contribution in [0, 0.1) is 5.82 Å². The maximum atomic E-state index is 13.4. The predicted octanol–water partition coefficient (Wildman–Crippen LogP) is 5.45. The van der Waals surface area contributed by atoms with Crippen molar-refractivity contribution in [1.29, 1.82) is 0 Å². The molecule has 1 amide bonds. The summed E-state index contributed by atoms with van der Waals surface area (Å²) < 4.78 is 25.6. The van der Waals surface area contributed by atoms with E-state index in [-0.39, 0.29) is 17.8 Å². The van der Waals surface area contributed by atoms with Gasteiger partial charge in [0.15, 0.2) is 0 Å². The topological polar surface area (TPSA) is 64.4 Å². The number of ether oxygens (including phenoxy) is 1. The molecule has 2 aromatic carbocycles. The Kier molecular flexibility index (Phi) is 5.23. The van der Waals surface area contributed by atoms with Gasteiger partial charge in [0.1, 0.15) is 22.9 Å². The molecular weight excluding hydrogens is 383 g/mol. The van der Waals surface area contributed by atoms with E-state index in [2.05, 4.69) is 10.3 Å². The van der Waals surface area contributed by atoms with Crippen molar-refractivity contribution in [2.75, 3.05) is 7.05 Å². The zero-order valence-electron chi connectivity index (χ0n) is 16.9. The van der Waals surface area contributed by atoms with Gasteiger partial charge in [-0.3, -0.25) is 9.78 Å². The second kappa shape index (κ2) is 7.99. The quantitative estimate of drug-likeness (QED) is 0.481. The van der Waals surface area contributed by atoms with Crippen LogP contribution in [0.3, 0.4) is 0 Å². The molecule has 2 heterocycles. The zero-order valence-corrected chi connectivity index (χ0v) is 16.9. The minimum atomic E-state index is -0.358. The minimum absolute atomic E-state index is 0.0650. The molecule has 4 aromatic rings. The first-order valence-electron chi connectivity index (χ1n) is 9.63. The van der Waals surface area contributed by atoms with Gasteiger partial charge in [-0.25, -0.2) is 4.39 Å². The van der Waals surface area contributed by atoms with Gasteiger partial charge in [-0.1, -0.05) is 6.07 Å². The summed E-state index contributed by atoms with van der Waals surface area (Å²) >= 11 is 0. The summed E-state index contributed by atoms with van der Waals surface area (Å²) in [5.74, 6) is 0.353. The van der Waals surface area contributed by atoms with E-state index in [1.54, 1.807) is 31.6 Å². The molecule has 6 heteroatoms. The SMILES string of the molecule is CNC(=O)c1c(-c2ccc(F)cc2)oc2cc(-c3cccnc3)c(OC(C)C)cc12. The van der Waals surface area contributed by atoms with E-state index in [4.69, 9.17) is 9.15 Å². The number of furan rings is 1. The molecule has 0 bridgehead atoms. The lowest BCUT2D eigenvalue weighted by Crippen LogP contribution is -2.18. The molecule has 0 fully saturated rings. The molecule has 5 nitrogen and oxygen atoms in total. The van der Waals surface area contributed by atoms with Crippen LogP contribution in [-0.2, 0) is 0 Å². The van der Waals surface area contributed by atoms with Gasteiger partial charge in [0.25, 0.3) is 5.91 Å². The molecule has 0 atom stereocenters. The van der Waals surface area contributed by atoms with Gasteiger partial charge in [-0.2, -0.15) is 0 Å². The van der Waals surface area contributed by atoms with Crippen molar-refractivity contribution >= 4 is 16.9 Å². The predicted molar refractivity (Wildman–Crippen MR) is 114 cm³/mol. The number of carbonyl (C=O) groups excluding carboxylic acids is 1. The number of hydrogen-bond acceptors (Lipinski definition) is 4. The van der Waals surface area contributed by atoms with Gasteiger partial charge in [0.2, 0.25) is 0 Å². The first-order valence-corrected chi connectivity index (χ1v) is 9.63. The second-order valence-electron chi connectivity index (χ2n) is 7.15. The van der Waals surface area contributed by atoms with Crippen LogP contribution >= 0.6 is 0 Å². The highest BCUT2D eigenvalue weighted by Gasteiger charge is 2.24. The van der Waals surface area contributed by atoms with E-state index >= 15 is 0 Å². The highest BCUT2D eigenvalue weighted by molar-refractivity contribution is 6.12. The Morgan fingerprint density at radius 2 is 1.90 bits per heavy atom. The summed E-state index contributed by atoms with van der Waals surface area (Å²) in [4.78, 5) is 16.9. The lowest BCUT2D eigenvalue weighted by atomic mass is 10.0. The summed E-state index contributed by atoms with van der Waals surface area (Å²) in [7, 11) is 1.56. The van der Waals surface area contributed by atoms with Crippen LogP contribution in [0.15, 0.2) is 65.3 Å². The Labute approximate surface area is 173 Å². The Hall–Kier alpha value is -3.67. The van der Waals surface area contributed by atoms with Gasteiger partial charge in [0, 0.05) is 41.5 Å². The number of amides is 1. The molecule has 1 N–H and O–H groups in total. The Bertz CT molecular complexity index is 1200. The van der Waals surface area contributed by atoms with E-state index in [1.165, 1.54) is 12.1 Å². The number of nitrogens with one attached hydrogen (secondary N) is 1. The summed E-state index contributed by atoms with van der Waals surface area (Å²) in [5.41, 5.74) is 3.21. The van der Waals surface area contributed by atoms with Crippen LogP contribution in [0.2, 0.25) is 0 Å². The molecule has 0 unspecified atom stereocenters. The highest BCUT2D eigenvalue weighted by atomic mass is 19.1. The van der Waals surface area contributed by atoms with Crippen molar-refractivity contribution in [3.8, 4) is 28.2 Å². The molecule has 0 radical (unpaired) electrons. The number of hydrogen-bond donors (Lipinski definition) is 1. The first kappa shape index (κ1) is 19.6. The van der Waals surface area contributed by atoms with Gasteiger partial charge in [-0.05, 0) is 56.3 Å². The van der Waals surface area contributed by atoms with Crippen molar-refractivity contribution in [3.63, 3.8) is 0 Å². The van der Waals surface area contributed by atoms with Crippen molar-refractivity contribution in [1.82, 2.24) is 10.3 Å². The van der Waals surface area contributed by atoms with Crippen molar-refractivity contribution in [2.24, 2.45) is 0 Å². The van der Waals surface area contributed by atoms with E-state index < -0.39 is 0 Å². The number of benzene rings is 2. The fraction of sp³-hybridized carbons (Fsp3) is 0.167. The largest absolute Gasteiger partial charge is 0.490 e. The summed E-state index contributed by atoms with van der Waals surface area (Å²) in [6, 6.07) is 13.3. The van der Waals surface area contributed by atoms with Crippen LogP contribution in [0.4, 0.5) is 4.39 Å². The van der Waals surface area contributed by atoms with Crippen LogP contribution in [-0.4, -0.2) is 24.0 Å². The smallest absolute Gasteiger partial charge is 0.255 e. The zero-order chi connectivity index (χ0) is 21.3. The Morgan fingerprint density at radius 1 is 1.13 bits per heavy atom. The number of carbonyl (C=O) groups is 1. The fourth-order valence-electron chi connectivity index (χ4n) is 3.38. The molecular formula is C24H21FN2O3. The van der Waals surface area contributed by atoms with Crippen molar-refractivity contribution < 1.29 is 18.3 Å². The van der Waals surface area contributed by atoms with E-state index in [0.29, 0.717) is 33.6 Å². The van der Waals surface area contributed by atoms with Gasteiger partial charge in [-0.15, -0.1) is 0 Å². The minimum Gasteiger partial charge on any atom is -0.490 e. The molecule has 0 saturated heterocycles. The summed E-state index contributed by atoms with van der Waals surface area (Å²) in [5, 5.41) is 3.29. The van der Waals surface area contributed by atoms with Gasteiger partial charge < -0.3 is 14.5 Å². The number of pyridine rings is 1. The molecule has 152 valence electrons. The van der Waals surface area contributed by atoms with Crippen LogP contribution < -0.4 is 10.1 Å². The normalized spacial score (nSPS) is 11.1. The number of fused-ring (bicyclic) bond motifs is 1. The lowest BCUT2D eigenvalue weighted by Gasteiger charge is -2.14. The fourth-order valence-corrected chi connectivity index (χ4v) is 3.38. The molecule has 0 aliphatic rings. The standard InChI is InChI=1S/C24H21FN2O3/c1-14(2)29-20-12-19-21(11-18(20)16-5-4-10-27-13-16)30-23(22(19)24(28)26-3)15-6-8-17(25)9-7-15/h4-14H,1-3H3,(H,26,28). The number of rotatable bonds is 5. The maximum Gasteiger partial charge on any atom is 0.255 e. The molecule has 0 aliphatic carbocycles. The second-order valence-corrected chi connectivity index (χ2v) is 7.15. The van der Waals surface area contributed by atoms with Gasteiger partial charge in [0.05, 0.1) is 11.7 Å². The van der Waals surface area contributed by atoms with Crippen LogP contribution in [0.25, 0.3) is 33.4 Å². The molecule has 2 aromatic heterocycles. The third-order valence-electron chi connectivity index (χ3n) is 4.69. The molecule has 0 aliphatic heterocycles. The first-order chi connectivity index (χ1) is 14.5. The summed E-state index contributed by atoms with van der Waals surface area (Å²) in [6.45, 7) is 3.88. The monoisotopic (exact) mass is 404 g/mol. The summed E-state index contributed by atoms with van der Waals surface area (Å²) in [6.07, 6.45) is 3.39. The molecule has 0 spiro atoms. The molecule has 4 rings (SSSR count). The van der Waals surface area contributed by atoms with E-state index in [9.17, 15) is 9.18 Å². The average Bonchev–Trinajstić information content (AvgIpc) is 3.11. The number of aromatic nitrogens is 1. The Morgan fingerprint density at radius 3 is 2.53 bits per heavy atom. The third-order valence-corrected chi connectivity index (χ3v) is 4.69.